The van der Waals surface area contributed by atoms with E-state index in [1.54, 1.807) is 30.3 Å². The summed E-state index contributed by atoms with van der Waals surface area (Å²) >= 11 is 0. The first kappa shape index (κ1) is 24.6. The van der Waals surface area contributed by atoms with Gasteiger partial charge in [0.2, 0.25) is 17.8 Å². The normalized spacial score (nSPS) is 14.6. The molecule has 184 valence electrons. The highest BCUT2D eigenvalue weighted by molar-refractivity contribution is 5.78. The van der Waals surface area contributed by atoms with E-state index in [0.29, 0.717) is 17.7 Å². The van der Waals surface area contributed by atoms with Gasteiger partial charge in [-0.2, -0.15) is 13.8 Å². The molecule has 1 aliphatic heterocycles. The van der Waals surface area contributed by atoms with Crippen LogP contribution in [0.15, 0.2) is 48.8 Å². The maximum atomic E-state index is 14.6. The summed E-state index contributed by atoms with van der Waals surface area (Å²) in [5, 5.41) is 2.74. The second-order valence-electron chi connectivity index (χ2n) is 8.49. The first-order chi connectivity index (χ1) is 17.0. The molecule has 10 heteroatoms. The number of hydrogen-bond donors (Lipinski definition) is 1. The molecule has 0 aliphatic carbocycles. The van der Waals surface area contributed by atoms with Crippen LogP contribution in [0.4, 0.5) is 8.78 Å². The second kappa shape index (κ2) is 11.8. The number of ether oxygens (including phenoxy) is 1. The van der Waals surface area contributed by atoms with Gasteiger partial charge in [-0.05, 0) is 35.9 Å². The summed E-state index contributed by atoms with van der Waals surface area (Å²) in [6.07, 6.45) is 2.90. The Morgan fingerprint density at radius 2 is 1.83 bits per heavy atom. The van der Waals surface area contributed by atoms with Crippen LogP contribution in [0.2, 0.25) is 0 Å². The number of likely N-dealkylation sites (N-methyl/N-ethyl adjacent to an activating group) is 1. The molecule has 1 fully saturated rings. The first-order valence-corrected chi connectivity index (χ1v) is 11.5. The van der Waals surface area contributed by atoms with Gasteiger partial charge in [0.25, 0.3) is 0 Å². The number of amides is 1. The number of halogens is 2. The molecule has 0 unspecified atom stereocenters. The molecule has 35 heavy (non-hydrogen) atoms. The minimum Gasteiger partial charge on any atom is -0.462 e. The van der Waals surface area contributed by atoms with Gasteiger partial charge in [0.15, 0.2) is 0 Å². The van der Waals surface area contributed by atoms with E-state index in [2.05, 4.69) is 37.1 Å². The molecular formula is C25H28F2N6O2. The van der Waals surface area contributed by atoms with Crippen LogP contribution in [0.5, 0.6) is 6.01 Å². The second-order valence-corrected chi connectivity index (χ2v) is 8.49. The van der Waals surface area contributed by atoms with Crippen LogP contribution in [-0.2, 0) is 17.8 Å². The van der Waals surface area contributed by atoms with Gasteiger partial charge in [-0.25, -0.2) is 9.97 Å². The number of benzene rings is 1. The van der Waals surface area contributed by atoms with E-state index in [0.717, 1.165) is 38.3 Å². The molecule has 1 N–H and O–H groups in total. The SMILES string of the molecule is CN1CCN(CCOc2ncc(-c3ccc(CC(=O)NCc4ccnc(F)c4)cc3)c(F)n2)CC1. The topological polar surface area (TPSA) is 83.5 Å². The van der Waals surface area contributed by atoms with Crippen LogP contribution in [0, 0.1) is 11.9 Å². The highest BCUT2D eigenvalue weighted by atomic mass is 19.1. The molecule has 3 aromatic rings. The molecule has 2 aromatic heterocycles. The fraction of sp³-hybridized carbons (Fsp3) is 0.360. The highest BCUT2D eigenvalue weighted by Crippen LogP contribution is 2.23. The van der Waals surface area contributed by atoms with Crippen molar-refractivity contribution in [1.29, 1.82) is 0 Å². The molecule has 0 spiro atoms. The minimum absolute atomic E-state index is 0.0164. The summed E-state index contributed by atoms with van der Waals surface area (Å²) in [7, 11) is 2.10. The van der Waals surface area contributed by atoms with Gasteiger partial charge in [-0.3, -0.25) is 9.69 Å². The maximum Gasteiger partial charge on any atom is 0.319 e. The average Bonchev–Trinajstić information content (AvgIpc) is 2.85. The van der Waals surface area contributed by atoms with E-state index >= 15 is 0 Å². The first-order valence-electron chi connectivity index (χ1n) is 11.5. The standard InChI is InChI=1S/C25H28F2N6O2/c1-32-8-10-33(11-9-32)12-13-35-25-30-17-21(24(27)31-25)20-4-2-18(3-5-20)15-23(34)29-16-19-6-7-28-22(26)14-19/h2-7,14,17H,8-13,15-16H2,1H3,(H,29,34). The van der Waals surface area contributed by atoms with Gasteiger partial charge in [-0.15, -0.1) is 0 Å². The molecule has 1 aromatic carbocycles. The van der Waals surface area contributed by atoms with Crippen molar-refractivity contribution in [3.63, 3.8) is 0 Å². The predicted octanol–water partition coefficient (Wildman–Crippen LogP) is 2.30. The summed E-state index contributed by atoms with van der Waals surface area (Å²) in [5.74, 6) is -1.46. The van der Waals surface area contributed by atoms with Crippen molar-refractivity contribution in [2.45, 2.75) is 13.0 Å². The smallest absolute Gasteiger partial charge is 0.319 e. The van der Waals surface area contributed by atoms with Crippen molar-refractivity contribution in [2.24, 2.45) is 0 Å². The molecular weight excluding hydrogens is 454 g/mol. The Morgan fingerprint density at radius 1 is 1.06 bits per heavy atom. The molecule has 0 bridgehead atoms. The number of carbonyl (C=O) groups is 1. The third-order valence-electron chi connectivity index (χ3n) is 5.86. The van der Waals surface area contributed by atoms with Crippen molar-refractivity contribution in [2.75, 3.05) is 46.4 Å². The molecule has 0 saturated carbocycles. The number of hydrogen-bond acceptors (Lipinski definition) is 7. The van der Waals surface area contributed by atoms with Gasteiger partial charge in [0, 0.05) is 51.7 Å². The molecule has 0 radical (unpaired) electrons. The predicted molar refractivity (Wildman–Crippen MR) is 127 cm³/mol. The van der Waals surface area contributed by atoms with Crippen LogP contribution in [0.3, 0.4) is 0 Å². The summed E-state index contributed by atoms with van der Waals surface area (Å²) in [5.41, 5.74) is 2.25. The van der Waals surface area contributed by atoms with Crippen LogP contribution in [-0.4, -0.2) is 77.0 Å². The van der Waals surface area contributed by atoms with Gasteiger partial charge < -0.3 is 15.0 Å². The lowest BCUT2D eigenvalue weighted by atomic mass is 10.0. The van der Waals surface area contributed by atoms with Crippen LogP contribution < -0.4 is 10.1 Å². The largest absolute Gasteiger partial charge is 0.462 e. The van der Waals surface area contributed by atoms with E-state index < -0.39 is 11.9 Å². The van der Waals surface area contributed by atoms with Gasteiger partial charge in [0.05, 0.1) is 12.0 Å². The lowest BCUT2D eigenvalue weighted by Crippen LogP contribution is -2.45. The van der Waals surface area contributed by atoms with Crippen molar-refractivity contribution in [3.05, 3.63) is 71.8 Å². The zero-order valence-electron chi connectivity index (χ0n) is 19.6. The molecule has 4 rings (SSSR count). The number of pyridine rings is 1. The number of carbonyl (C=O) groups excluding carboxylic acids is 1. The third-order valence-corrected chi connectivity index (χ3v) is 5.86. The lowest BCUT2D eigenvalue weighted by Gasteiger charge is -2.31. The zero-order valence-corrected chi connectivity index (χ0v) is 19.6. The van der Waals surface area contributed by atoms with Crippen LogP contribution >= 0.6 is 0 Å². The molecule has 8 nitrogen and oxygen atoms in total. The monoisotopic (exact) mass is 482 g/mol. The Labute approximate surface area is 203 Å². The fourth-order valence-corrected chi connectivity index (χ4v) is 3.75. The Balaban J connectivity index is 1.26. The van der Waals surface area contributed by atoms with E-state index in [9.17, 15) is 13.6 Å². The molecule has 3 heterocycles. The third kappa shape index (κ3) is 7.24. The minimum atomic E-state index is -0.662. The van der Waals surface area contributed by atoms with Crippen LogP contribution in [0.1, 0.15) is 11.1 Å². The van der Waals surface area contributed by atoms with E-state index in [4.69, 9.17) is 4.74 Å². The highest BCUT2D eigenvalue weighted by Gasteiger charge is 2.15. The summed E-state index contributed by atoms with van der Waals surface area (Å²) < 4.78 is 33.3. The van der Waals surface area contributed by atoms with Gasteiger partial charge in [0.1, 0.15) is 6.61 Å². The Morgan fingerprint density at radius 3 is 2.54 bits per heavy atom. The van der Waals surface area contributed by atoms with Crippen molar-refractivity contribution < 1.29 is 18.3 Å². The lowest BCUT2D eigenvalue weighted by molar-refractivity contribution is -0.120. The maximum absolute atomic E-state index is 14.6. The molecule has 1 saturated heterocycles. The summed E-state index contributed by atoms with van der Waals surface area (Å²) in [6, 6.07) is 9.87. The molecule has 1 amide bonds. The molecule has 1 aliphatic rings. The Bertz CT molecular complexity index is 1140. The van der Waals surface area contributed by atoms with E-state index in [1.165, 1.54) is 18.5 Å². The Kier molecular flexibility index (Phi) is 8.27. The summed E-state index contributed by atoms with van der Waals surface area (Å²) in [4.78, 5) is 28.3. The number of piperazine rings is 1. The zero-order chi connectivity index (χ0) is 24.6. The van der Waals surface area contributed by atoms with E-state index in [-0.39, 0.29) is 30.4 Å². The quantitative estimate of drug-likeness (QED) is 0.370. The van der Waals surface area contributed by atoms with Gasteiger partial charge >= 0.3 is 6.01 Å². The Hall–Kier alpha value is -3.50. The number of aromatic nitrogens is 3. The number of nitrogens with zero attached hydrogens (tertiary/aromatic N) is 5. The number of rotatable bonds is 9. The van der Waals surface area contributed by atoms with Crippen molar-refractivity contribution in [3.8, 4) is 17.1 Å². The number of nitrogens with one attached hydrogen (secondary N) is 1. The van der Waals surface area contributed by atoms with E-state index in [1.807, 2.05) is 0 Å². The average molecular weight is 483 g/mol. The fourth-order valence-electron chi connectivity index (χ4n) is 3.75. The molecule has 0 atom stereocenters. The van der Waals surface area contributed by atoms with Gasteiger partial charge in [-0.1, -0.05) is 24.3 Å². The van der Waals surface area contributed by atoms with Crippen LogP contribution in [0.25, 0.3) is 11.1 Å². The van der Waals surface area contributed by atoms with Crippen molar-refractivity contribution in [1.82, 2.24) is 30.1 Å². The van der Waals surface area contributed by atoms with Crippen molar-refractivity contribution >= 4 is 5.91 Å². The summed E-state index contributed by atoms with van der Waals surface area (Å²) in [6.45, 7) is 5.37.